The molecule has 3 heterocycles. The van der Waals surface area contributed by atoms with Crippen LogP contribution in [0.15, 0.2) is 65.1 Å². The van der Waals surface area contributed by atoms with Crippen LogP contribution in [0.3, 0.4) is 0 Å². The molecule has 0 aliphatic carbocycles. The number of anilines is 1. The van der Waals surface area contributed by atoms with Gasteiger partial charge in [0.05, 0.1) is 12.6 Å². The first-order valence-corrected chi connectivity index (χ1v) is 11.7. The second-order valence-corrected chi connectivity index (χ2v) is 8.85. The van der Waals surface area contributed by atoms with E-state index in [-0.39, 0.29) is 11.9 Å². The van der Waals surface area contributed by atoms with E-state index in [9.17, 15) is 4.79 Å². The summed E-state index contributed by atoms with van der Waals surface area (Å²) < 4.78 is 5.58. The third-order valence-corrected chi connectivity index (χ3v) is 6.88. The maximum atomic E-state index is 12.9. The second kappa shape index (κ2) is 8.83. The largest absolute Gasteiger partial charge is 0.465 e. The van der Waals surface area contributed by atoms with Crippen molar-refractivity contribution in [1.82, 2.24) is 10.6 Å². The first-order chi connectivity index (χ1) is 15.7. The zero-order valence-corrected chi connectivity index (χ0v) is 18.8. The van der Waals surface area contributed by atoms with Crippen molar-refractivity contribution in [2.75, 3.05) is 18.0 Å². The molecule has 2 N–H and O–H groups in total. The van der Waals surface area contributed by atoms with Crippen LogP contribution in [-0.2, 0) is 6.54 Å². The average Bonchev–Trinajstić information content (AvgIpc) is 3.26. The van der Waals surface area contributed by atoms with Gasteiger partial charge in [-0.1, -0.05) is 30.3 Å². The van der Waals surface area contributed by atoms with Gasteiger partial charge in [-0.3, -0.25) is 4.79 Å². The Morgan fingerprint density at radius 2 is 2.00 bits per heavy atom. The maximum absolute atomic E-state index is 12.9. The van der Waals surface area contributed by atoms with Crippen LogP contribution in [-0.4, -0.2) is 19.0 Å². The van der Waals surface area contributed by atoms with Gasteiger partial charge in [0, 0.05) is 29.8 Å². The minimum absolute atomic E-state index is 0.0672. The molecule has 1 saturated heterocycles. The lowest BCUT2D eigenvalue weighted by Crippen LogP contribution is -2.47. The Kier molecular flexibility index (Phi) is 5.75. The number of hydrogen-bond donors (Lipinski definition) is 2. The molecule has 0 bridgehead atoms. The third kappa shape index (κ3) is 3.82. The van der Waals surface area contributed by atoms with E-state index in [2.05, 4.69) is 64.9 Å². The summed E-state index contributed by atoms with van der Waals surface area (Å²) in [5.41, 5.74) is 4.54. The number of nitrogens with zero attached hydrogens (tertiary/aromatic N) is 1. The lowest BCUT2D eigenvalue weighted by Gasteiger charge is -2.50. The van der Waals surface area contributed by atoms with Gasteiger partial charge in [-0.25, -0.2) is 0 Å². The van der Waals surface area contributed by atoms with E-state index in [0.29, 0.717) is 24.1 Å². The molecule has 0 spiro atoms. The number of hydrogen-bond acceptors (Lipinski definition) is 4. The number of nitrogens with one attached hydrogen (secondary N) is 2. The summed E-state index contributed by atoms with van der Waals surface area (Å²) in [6, 6.07) is 21.5. The molecule has 2 aliphatic heterocycles. The van der Waals surface area contributed by atoms with Gasteiger partial charge in [-0.05, 0) is 74.7 Å². The lowest BCUT2D eigenvalue weighted by molar-refractivity contribution is 0.0947. The number of benzene rings is 2. The molecule has 0 radical (unpaired) electrons. The quantitative estimate of drug-likeness (QED) is 0.590. The Labute approximate surface area is 189 Å². The first-order valence-electron chi connectivity index (χ1n) is 11.7. The van der Waals surface area contributed by atoms with Gasteiger partial charge >= 0.3 is 0 Å². The van der Waals surface area contributed by atoms with Crippen molar-refractivity contribution >= 4 is 11.6 Å². The van der Waals surface area contributed by atoms with Crippen molar-refractivity contribution in [2.45, 2.75) is 45.3 Å². The van der Waals surface area contributed by atoms with Crippen molar-refractivity contribution in [3.05, 3.63) is 88.9 Å². The van der Waals surface area contributed by atoms with Crippen LogP contribution in [0.4, 0.5) is 5.69 Å². The van der Waals surface area contributed by atoms with E-state index in [0.717, 1.165) is 24.6 Å². The summed E-state index contributed by atoms with van der Waals surface area (Å²) in [6.07, 6.45) is 2.36. The summed E-state index contributed by atoms with van der Waals surface area (Å²) in [6.45, 7) is 6.47. The van der Waals surface area contributed by atoms with Crippen LogP contribution >= 0.6 is 0 Å². The second-order valence-electron chi connectivity index (χ2n) is 8.85. The maximum Gasteiger partial charge on any atom is 0.251 e. The Morgan fingerprint density at radius 3 is 2.75 bits per heavy atom. The number of rotatable bonds is 5. The van der Waals surface area contributed by atoms with Gasteiger partial charge in [-0.2, -0.15) is 0 Å². The number of fused-ring (bicyclic) bond motifs is 3. The first kappa shape index (κ1) is 20.8. The summed E-state index contributed by atoms with van der Waals surface area (Å²) in [4.78, 5) is 15.4. The van der Waals surface area contributed by atoms with Crippen LogP contribution in [0.25, 0.3) is 0 Å². The van der Waals surface area contributed by atoms with E-state index in [1.54, 1.807) is 0 Å². The van der Waals surface area contributed by atoms with E-state index in [4.69, 9.17) is 4.42 Å². The molecule has 5 nitrogen and oxygen atoms in total. The number of amides is 1. The zero-order valence-electron chi connectivity index (χ0n) is 18.8. The molecule has 5 rings (SSSR count). The highest BCUT2D eigenvalue weighted by Crippen LogP contribution is 2.50. The molecule has 2 aromatic carbocycles. The highest BCUT2D eigenvalue weighted by Gasteiger charge is 2.42. The fraction of sp³-hybridized carbons (Fsp3) is 0.370. The molecule has 1 aromatic heterocycles. The Morgan fingerprint density at radius 1 is 1.16 bits per heavy atom. The molecule has 3 atom stereocenters. The normalized spacial score (nSPS) is 22.2. The third-order valence-electron chi connectivity index (χ3n) is 6.88. The SMILES string of the molecule is CCN1c2ccc(C(=O)NCc3ccc(C)o3)cc2[C@H]2NCCC[C@H]2C1c1ccccc1. The highest BCUT2D eigenvalue weighted by atomic mass is 16.3. The van der Waals surface area contributed by atoms with Gasteiger partial charge in [0.1, 0.15) is 11.5 Å². The van der Waals surface area contributed by atoms with Crippen LogP contribution in [0.5, 0.6) is 0 Å². The predicted molar refractivity (Wildman–Crippen MR) is 127 cm³/mol. The average molecular weight is 430 g/mol. The Hall–Kier alpha value is -3.05. The van der Waals surface area contributed by atoms with Gasteiger partial charge < -0.3 is 20.0 Å². The summed E-state index contributed by atoms with van der Waals surface area (Å²) >= 11 is 0. The lowest BCUT2D eigenvalue weighted by atomic mass is 9.74. The standard InChI is InChI=1S/C27H31N3O2/c1-3-30-24-14-12-20(27(31)29-17-21-13-11-18(2)32-21)16-23(24)25-22(10-7-15-28-25)26(30)19-8-5-4-6-9-19/h4-6,8-9,11-14,16,22,25-26,28H,3,7,10,15,17H2,1-2H3,(H,29,31)/t22-,25+,26?/m1/s1. The van der Waals surface area contributed by atoms with Crippen LogP contribution in [0.1, 0.15) is 64.9 Å². The van der Waals surface area contributed by atoms with Crippen molar-refractivity contribution in [3.8, 4) is 0 Å². The van der Waals surface area contributed by atoms with E-state index in [1.807, 2.05) is 25.1 Å². The molecule has 32 heavy (non-hydrogen) atoms. The topological polar surface area (TPSA) is 57.5 Å². The van der Waals surface area contributed by atoms with Crippen LogP contribution in [0, 0.1) is 12.8 Å². The van der Waals surface area contributed by atoms with Gasteiger partial charge in [0.2, 0.25) is 0 Å². The highest BCUT2D eigenvalue weighted by molar-refractivity contribution is 5.95. The summed E-state index contributed by atoms with van der Waals surface area (Å²) in [7, 11) is 0. The van der Waals surface area contributed by atoms with Gasteiger partial charge in [-0.15, -0.1) is 0 Å². The molecule has 166 valence electrons. The summed E-state index contributed by atoms with van der Waals surface area (Å²) in [5, 5.41) is 6.78. The monoisotopic (exact) mass is 429 g/mol. The fourth-order valence-electron chi connectivity index (χ4n) is 5.48. The van der Waals surface area contributed by atoms with Gasteiger partial charge in [0.15, 0.2) is 0 Å². The molecular formula is C27H31N3O2. The molecule has 1 fully saturated rings. The number of carbonyl (C=O) groups excluding carboxylic acids is 1. The number of carbonyl (C=O) groups is 1. The smallest absolute Gasteiger partial charge is 0.251 e. The van der Waals surface area contributed by atoms with Crippen LogP contribution in [0.2, 0.25) is 0 Å². The molecule has 5 heteroatoms. The van der Waals surface area contributed by atoms with Crippen molar-refractivity contribution in [2.24, 2.45) is 5.92 Å². The van der Waals surface area contributed by atoms with Crippen LogP contribution < -0.4 is 15.5 Å². The van der Waals surface area contributed by atoms with E-state index < -0.39 is 0 Å². The minimum atomic E-state index is -0.0672. The van der Waals surface area contributed by atoms with E-state index in [1.165, 1.54) is 29.7 Å². The number of aryl methyl sites for hydroxylation is 1. The van der Waals surface area contributed by atoms with Crippen molar-refractivity contribution < 1.29 is 9.21 Å². The molecule has 3 aromatic rings. The summed E-state index contributed by atoms with van der Waals surface area (Å²) in [5.74, 6) is 2.03. The molecule has 2 aliphatic rings. The number of furan rings is 1. The van der Waals surface area contributed by atoms with E-state index >= 15 is 0 Å². The molecular weight excluding hydrogens is 398 g/mol. The van der Waals surface area contributed by atoms with Crippen molar-refractivity contribution in [3.63, 3.8) is 0 Å². The number of piperidine rings is 1. The fourth-order valence-corrected chi connectivity index (χ4v) is 5.48. The van der Waals surface area contributed by atoms with Crippen molar-refractivity contribution in [1.29, 1.82) is 0 Å². The predicted octanol–water partition coefficient (Wildman–Crippen LogP) is 5.14. The zero-order chi connectivity index (χ0) is 22.1. The minimum Gasteiger partial charge on any atom is -0.465 e. The van der Waals surface area contributed by atoms with Gasteiger partial charge in [0.25, 0.3) is 5.91 Å². The molecule has 1 unspecified atom stereocenters. The Balaban J connectivity index is 1.47. The Bertz CT molecular complexity index is 1090. The molecule has 1 amide bonds. The molecule has 0 saturated carbocycles.